The second kappa shape index (κ2) is 20.1. The van der Waals surface area contributed by atoms with Crippen molar-refractivity contribution >= 4 is 33.9 Å². The summed E-state index contributed by atoms with van der Waals surface area (Å²) in [7, 11) is 7.05. The predicted octanol–water partition coefficient (Wildman–Crippen LogP) is 16.1. The van der Waals surface area contributed by atoms with Gasteiger partial charge in [-0.15, -0.1) is 14.5 Å². The minimum Gasteiger partial charge on any atom is -0.105 e. The van der Waals surface area contributed by atoms with Crippen LogP contribution in [0.15, 0.2) is 30.3 Å². The van der Waals surface area contributed by atoms with Gasteiger partial charge in [0.25, 0.3) is 0 Å². The summed E-state index contributed by atoms with van der Waals surface area (Å²) in [5.41, 5.74) is 8.62. The van der Waals surface area contributed by atoms with Crippen LogP contribution in [0.2, 0.25) is 0 Å². The van der Waals surface area contributed by atoms with E-state index in [0.29, 0.717) is 0 Å². The smallest absolute Gasteiger partial charge is 0.0188 e. The summed E-state index contributed by atoms with van der Waals surface area (Å²) >= 11 is -0.346. The van der Waals surface area contributed by atoms with Gasteiger partial charge in [0, 0.05) is 5.40 Å². The minimum absolute atomic E-state index is 0.346. The Balaban J connectivity index is 0.00000129. The van der Waals surface area contributed by atoms with Crippen molar-refractivity contribution in [2.45, 2.75) is 232 Å². The summed E-state index contributed by atoms with van der Waals surface area (Å²) in [4.78, 5) is 0. The molecule has 0 atom stereocenters. The van der Waals surface area contributed by atoms with Crippen LogP contribution in [0.5, 0.6) is 0 Å². The van der Waals surface area contributed by atoms with E-state index in [4.69, 9.17) is 19.4 Å². The zero-order valence-corrected chi connectivity index (χ0v) is 35.7. The molecule has 0 nitrogen and oxygen atoms in total. The molecular formula is C43H72Cl2P2Ru. The normalized spacial score (nSPS) is 26.0. The Morgan fingerprint density at radius 3 is 0.792 bits per heavy atom. The van der Waals surface area contributed by atoms with E-state index in [2.05, 4.69) is 30.3 Å². The standard InChI is InChI=1S/C43H72P2.2ClH.Ru/c1-8-22-36(23-9-1)43(44(37-24-10-2-11-25-37,38-26-12-3-13-27-38)39-28-14-4-15-29-39)45(40-30-16-5-17-31-40,41-32-18-6-19-33-41)42-34-20-7-21-35-42;;;/h1,8-9,22-23,37-43H,2-7,10-21,24-35H2;2*1H;/q;;;+2/p-2. The van der Waals surface area contributed by atoms with E-state index in [-0.39, 0.29) is 15.1 Å². The van der Waals surface area contributed by atoms with Crippen LogP contribution in [-0.2, 0) is 15.1 Å². The van der Waals surface area contributed by atoms with E-state index >= 15 is 0 Å². The molecule has 0 N–H and O–H groups in total. The third-order valence-electron chi connectivity index (χ3n) is 15.2. The Bertz CT molecular complexity index is 863. The van der Waals surface area contributed by atoms with Crippen molar-refractivity contribution in [2.24, 2.45) is 0 Å². The summed E-state index contributed by atoms with van der Waals surface area (Å²) in [6, 6.07) is 13.1. The molecule has 6 saturated carbocycles. The predicted molar refractivity (Wildman–Crippen MR) is 216 cm³/mol. The minimum atomic E-state index is -1.33. The maximum Gasteiger partial charge on any atom is 0.0188 e. The second-order valence-corrected chi connectivity index (χ2v) is 29.4. The number of benzene rings is 1. The van der Waals surface area contributed by atoms with Crippen LogP contribution >= 0.6 is 33.9 Å². The van der Waals surface area contributed by atoms with Crippen molar-refractivity contribution in [3.63, 3.8) is 0 Å². The fourth-order valence-electron chi connectivity index (χ4n) is 13.6. The zero-order chi connectivity index (χ0) is 33.1. The molecular weight excluding hydrogens is 750 g/mol. The zero-order valence-electron chi connectivity index (χ0n) is 30.6. The third kappa shape index (κ3) is 8.48. The van der Waals surface area contributed by atoms with E-state index in [1.54, 1.807) is 154 Å². The average Bonchev–Trinajstić information content (AvgIpc) is 3.18. The van der Waals surface area contributed by atoms with Crippen LogP contribution in [0.25, 0.3) is 0 Å². The summed E-state index contributed by atoms with van der Waals surface area (Å²) in [5.74, 6) is 0. The second-order valence-electron chi connectivity index (χ2n) is 17.4. The van der Waals surface area contributed by atoms with Crippen LogP contribution in [0.1, 0.15) is 204 Å². The molecule has 0 bridgehead atoms. The first-order chi connectivity index (χ1) is 23.8. The molecule has 0 aliphatic heterocycles. The molecule has 1 aromatic rings. The van der Waals surface area contributed by atoms with Gasteiger partial charge in [0.05, 0.1) is 0 Å². The molecule has 0 unspecified atom stereocenters. The number of hydrogen-bond acceptors (Lipinski definition) is 0. The van der Waals surface area contributed by atoms with Crippen molar-refractivity contribution in [3.05, 3.63) is 35.9 Å². The van der Waals surface area contributed by atoms with Gasteiger partial charge in [-0.1, -0.05) is 146 Å². The molecule has 0 heterocycles. The van der Waals surface area contributed by atoms with Crippen molar-refractivity contribution in [1.29, 1.82) is 0 Å². The fourth-order valence-corrected chi connectivity index (χ4v) is 34.7. The summed E-state index contributed by atoms with van der Waals surface area (Å²) < 4.78 is 0. The van der Waals surface area contributed by atoms with Gasteiger partial charge in [0.15, 0.2) is 0 Å². The first kappa shape index (κ1) is 39.0. The summed E-state index contributed by atoms with van der Waals surface area (Å²) in [5, 5.41) is 1.02. The quantitative estimate of drug-likeness (QED) is 0.172. The maximum atomic E-state index is 4.85. The van der Waals surface area contributed by atoms with Crippen LogP contribution < -0.4 is 0 Å². The Kier molecular flexibility index (Phi) is 16.3. The monoisotopic (exact) mass is 822 g/mol. The van der Waals surface area contributed by atoms with Gasteiger partial charge in [-0.2, -0.15) is 0 Å². The molecule has 7 rings (SSSR count). The van der Waals surface area contributed by atoms with Gasteiger partial charge in [0.2, 0.25) is 0 Å². The number of halogens is 2. The SMILES string of the molecule is [Cl][Ru][Cl].c1ccc(C([P](C2CCCCC2)(C2CCCCC2)C2CCCCC2)[P](C2CCCCC2)(C2CCCCC2)C2CCCCC2)cc1. The first-order valence-electron chi connectivity index (χ1n) is 21.4. The molecule has 6 aliphatic rings. The van der Waals surface area contributed by atoms with Gasteiger partial charge in [0.1, 0.15) is 0 Å². The van der Waals surface area contributed by atoms with Gasteiger partial charge < -0.3 is 0 Å². The van der Waals surface area contributed by atoms with Crippen molar-refractivity contribution in [2.75, 3.05) is 0 Å². The van der Waals surface area contributed by atoms with Gasteiger partial charge >= 0.3 is 34.5 Å². The number of rotatable bonds is 9. The molecule has 5 heteroatoms. The van der Waals surface area contributed by atoms with Crippen LogP contribution in [0, 0.1) is 0 Å². The Morgan fingerprint density at radius 2 is 0.583 bits per heavy atom. The van der Waals surface area contributed by atoms with E-state index < -0.39 is 14.5 Å². The van der Waals surface area contributed by atoms with E-state index in [1.165, 1.54) is 38.5 Å². The molecule has 6 fully saturated rings. The molecule has 6 aliphatic carbocycles. The molecule has 48 heavy (non-hydrogen) atoms. The molecule has 1 aromatic carbocycles. The van der Waals surface area contributed by atoms with Crippen molar-refractivity contribution in [1.82, 2.24) is 0 Å². The van der Waals surface area contributed by atoms with Crippen LogP contribution in [-0.4, -0.2) is 34.0 Å². The molecule has 0 amide bonds. The molecule has 0 spiro atoms. The molecule has 276 valence electrons. The first-order valence-corrected chi connectivity index (χ1v) is 30.0. The van der Waals surface area contributed by atoms with Crippen LogP contribution in [0.3, 0.4) is 0 Å². The van der Waals surface area contributed by atoms with Gasteiger partial charge in [-0.3, -0.25) is 0 Å². The van der Waals surface area contributed by atoms with Crippen LogP contribution in [0.4, 0.5) is 0 Å². The molecule has 0 aromatic heterocycles. The Morgan fingerprint density at radius 1 is 0.375 bits per heavy atom. The van der Waals surface area contributed by atoms with E-state index in [9.17, 15) is 0 Å². The largest absolute Gasteiger partial charge is 0.105 e. The molecule has 0 saturated heterocycles. The summed E-state index contributed by atoms with van der Waals surface area (Å²) in [6.07, 6.45) is 47.6. The third-order valence-corrected chi connectivity index (χ3v) is 30.6. The molecule has 2 radical (unpaired) electrons. The maximum absolute atomic E-state index is 4.85. The average molecular weight is 823 g/mol. The number of hydrogen-bond donors (Lipinski definition) is 0. The van der Waals surface area contributed by atoms with E-state index in [0.717, 1.165) is 39.4 Å². The summed E-state index contributed by atoms with van der Waals surface area (Å²) in [6.45, 7) is 0. The van der Waals surface area contributed by atoms with Crippen molar-refractivity contribution in [3.8, 4) is 0 Å². The van der Waals surface area contributed by atoms with E-state index in [1.807, 2.05) is 5.56 Å². The Hall–Kier alpha value is 1.28. The van der Waals surface area contributed by atoms with Gasteiger partial charge in [-0.25, -0.2) is 0 Å². The Labute approximate surface area is 314 Å². The topological polar surface area (TPSA) is 0 Å². The van der Waals surface area contributed by atoms with Gasteiger partial charge in [-0.05, 0) is 117 Å². The van der Waals surface area contributed by atoms with Crippen molar-refractivity contribution < 1.29 is 15.1 Å². The fraction of sp³-hybridized carbons (Fsp3) is 0.860.